The SMILES string of the molecule is CC(=O)N[C@@H](Cc1ccc(OC(=O)OCC(=O)[C@@]23OC(C)(C)O[C@@H]2CC2C4C[C@H](F)C5=CC(=O)C=C[C@]5(C)[C@@]4(F)[C@@H](O)C[C@@]23C)cc1)C(=O)OCCCCO[N+](=O)[O-]. The lowest BCUT2D eigenvalue weighted by molar-refractivity contribution is -0.757. The zero-order valence-corrected chi connectivity index (χ0v) is 32.8. The van der Waals surface area contributed by atoms with Gasteiger partial charge >= 0.3 is 12.1 Å². The number of nitrogens with one attached hydrogen (secondary N) is 1. The minimum absolute atomic E-state index is 0.0159. The van der Waals surface area contributed by atoms with Crippen molar-refractivity contribution in [3.63, 3.8) is 0 Å². The number of alkyl halides is 2. The number of nitrogens with zero attached hydrogens (tertiary/aromatic N) is 1. The van der Waals surface area contributed by atoms with Crippen molar-refractivity contribution in [3.8, 4) is 5.75 Å². The summed E-state index contributed by atoms with van der Waals surface area (Å²) < 4.78 is 62.1. The van der Waals surface area contributed by atoms with Crippen LogP contribution < -0.4 is 10.1 Å². The Hall–Kier alpha value is -4.81. The number of hydrogen-bond donors (Lipinski definition) is 2. The van der Waals surface area contributed by atoms with E-state index in [1.165, 1.54) is 50.3 Å². The van der Waals surface area contributed by atoms with Gasteiger partial charge in [0.05, 0.1) is 25.4 Å². The maximum absolute atomic E-state index is 17.7. The van der Waals surface area contributed by atoms with Gasteiger partial charge in [-0.15, -0.1) is 10.1 Å². The lowest BCUT2D eigenvalue weighted by atomic mass is 9.44. The topological polar surface area (TPSA) is 216 Å². The summed E-state index contributed by atoms with van der Waals surface area (Å²) in [5.74, 6) is -5.45. The number of carbonyl (C=O) groups is 5. The van der Waals surface area contributed by atoms with Gasteiger partial charge in [0.1, 0.15) is 18.0 Å². The van der Waals surface area contributed by atoms with Gasteiger partial charge in [-0.3, -0.25) is 14.4 Å². The van der Waals surface area contributed by atoms with Crippen LogP contribution in [0.5, 0.6) is 5.75 Å². The van der Waals surface area contributed by atoms with Crippen LogP contribution in [0.15, 0.2) is 48.1 Å². The Morgan fingerprint density at radius 3 is 2.41 bits per heavy atom. The first-order chi connectivity index (χ1) is 27.2. The number of amides is 1. The van der Waals surface area contributed by atoms with Gasteiger partial charge in [-0.1, -0.05) is 25.1 Å². The molecule has 16 nitrogen and oxygen atoms in total. The summed E-state index contributed by atoms with van der Waals surface area (Å²) in [6.45, 7) is 6.60. The third kappa shape index (κ3) is 7.49. The Morgan fingerprint density at radius 1 is 1.05 bits per heavy atom. The van der Waals surface area contributed by atoms with E-state index < -0.39 is 105 Å². The summed E-state index contributed by atoms with van der Waals surface area (Å²) in [6.07, 6.45) is -1.86. The summed E-state index contributed by atoms with van der Waals surface area (Å²) in [5.41, 5.74) is -6.59. The molecular formula is C40H48F2N2O14. The molecule has 316 valence electrons. The van der Waals surface area contributed by atoms with Gasteiger partial charge in [-0.2, -0.15) is 0 Å². The maximum atomic E-state index is 17.7. The van der Waals surface area contributed by atoms with Gasteiger partial charge in [0.25, 0.3) is 5.09 Å². The number of carbonyl (C=O) groups excluding carboxylic acids is 5. The second-order valence-electron chi connectivity index (χ2n) is 16.5. The molecule has 2 N–H and O–H groups in total. The van der Waals surface area contributed by atoms with Crippen LogP contribution in [0.4, 0.5) is 13.6 Å². The Bertz CT molecular complexity index is 1900. The van der Waals surface area contributed by atoms with E-state index >= 15 is 8.78 Å². The van der Waals surface area contributed by atoms with Crippen LogP contribution in [0.1, 0.15) is 72.3 Å². The van der Waals surface area contributed by atoms with Gasteiger partial charge in [0.2, 0.25) is 11.7 Å². The molecule has 1 aromatic carbocycles. The van der Waals surface area contributed by atoms with Gasteiger partial charge in [0, 0.05) is 30.1 Å². The van der Waals surface area contributed by atoms with Crippen molar-refractivity contribution < 1.29 is 71.5 Å². The fourth-order valence-electron chi connectivity index (χ4n) is 10.1. The van der Waals surface area contributed by atoms with Crippen LogP contribution in [0, 0.1) is 32.8 Å². The molecule has 1 amide bonds. The average Bonchev–Trinajstić information content (AvgIpc) is 3.55. The largest absolute Gasteiger partial charge is 0.514 e. The Balaban J connectivity index is 1.11. The number of hydrogen-bond acceptors (Lipinski definition) is 14. The molecule has 3 saturated carbocycles. The van der Waals surface area contributed by atoms with E-state index in [1.54, 1.807) is 20.8 Å². The lowest BCUT2D eigenvalue weighted by Crippen LogP contribution is -2.71. The molecule has 0 radical (unpaired) electrons. The second kappa shape index (κ2) is 15.7. The number of aliphatic hydroxyl groups is 1. The smallest absolute Gasteiger partial charge is 0.464 e. The molecule has 4 fully saturated rings. The van der Waals surface area contributed by atoms with E-state index in [0.717, 1.165) is 6.08 Å². The zero-order chi connectivity index (χ0) is 42.4. The number of esters is 1. The predicted octanol–water partition coefficient (Wildman–Crippen LogP) is 4.17. The molecule has 18 heteroatoms. The molecule has 0 aromatic heterocycles. The van der Waals surface area contributed by atoms with E-state index in [9.17, 15) is 39.2 Å². The third-order valence-electron chi connectivity index (χ3n) is 12.6. The number of fused-ring (bicyclic) bond motifs is 7. The summed E-state index contributed by atoms with van der Waals surface area (Å²) in [6, 6.07) is 4.83. The third-order valence-corrected chi connectivity index (χ3v) is 12.6. The first-order valence-electron chi connectivity index (χ1n) is 19.2. The van der Waals surface area contributed by atoms with E-state index in [0.29, 0.717) is 12.0 Å². The van der Waals surface area contributed by atoms with Crippen molar-refractivity contribution in [1.82, 2.24) is 5.32 Å². The quantitative estimate of drug-likeness (QED) is 0.0887. The molecule has 0 bridgehead atoms. The molecule has 10 atom stereocenters. The van der Waals surface area contributed by atoms with Gasteiger partial charge in [-0.05, 0) is 94.2 Å². The van der Waals surface area contributed by atoms with E-state index in [4.69, 9.17) is 23.7 Å². The molecular weight excluding hydrogens is 770 g/mol. The molecule has 1 aliphatic heterocycles. The fraction of sp³-hybridized carbons (Fsp3) is 0.625. The van der Waals surface area contributed by atoms with Crippen LogP contribution in [-0.2, 0) is 49.4 Å². The van der Waals surface area contributed by atoms with Gasteiger partial charge in [-0.25, -0.2) is 18.4 Å². The maximum Gasteiger partial charge on any atom is 0.514 e. The Labute approximate surface area is 332 Å². The van der Waals surface area contributed by atoms with Crippen molar-refractivity contribution in [2.45, 2.75) is 115 Å². The van der Waals surface area contributed by atoms with Crippen LogP contribution in [0.2, 0.25) is 0 Å². The minimum atomic E-state index is -2.38. The number of aliphatic hydroxyl groups excluding tert-OH is 1. The highest BCUT2D eigenvalue weighted by Crippen LogP contribution is 2.72. The van der Waals surface area contributed by atoms with Crippen LogP contribution in [-0.4, -0.2) is 101 Å². The summed E-state index contributed by atoms with van der Waals surface area (Å²) in [5, 5.41) is 23.6. The number of allylic oxidation sites excluding steroid dienone is 4. The van der Waals surface area contributed by atoms with Crippen molar-refractivity contribution in [2.24, 2.45) is 22.7 Å². The molecule has 4 aliphatic carbocycles. The van der Waals surface area contributed by atoms with Gasteiger partial charge < -0.3 is 38.9 Å². The number of ether oxygens (including phenoxy) is 5. The molecule has 6 rings (SSSR count). The normalized spacial score (nSPS) is 34.6. The number of Topliss-reactive ketones (excluding diaryl/α,β-unsaturated/α-hetero) is 1. The lowest BCUT2D eigenvalue weighted by Gasteiger charge is -2.63. The number of ketones is 2. The molecule has 5 aliphatic rings. The monoisotopic (exact) mass is 818 g/mol. The summed E-state index contributed by atoms with van der Waals surface area (Å²) in [7, 11) is 0. The molecule has 1 heterocycles. The molecule has 58 heavy (non-hydrogen) atoms. The van der Waals surface area contributed by atoms with Gasteiger partial charge in [0.15, 0.2) is 29.4 Å². The number of unbranched alkanes of at least 4 members (excludes halogenated alkanes) is 1. The highest BCUT2D eigenvalue weighted by molar-refractivity contribution is 6.01. The molecule has 1 saturated heterocycles. The van der Waals surface area contributed by atoms with Crippen molar-refractivity contribution in [3.05, 3.63) is 63.7 Å². The first kappa shape index (κ1) is 42.8. The van der Waals surface area contributed by atoms with Crippen molar-refractivity contribution in [1.29, 1.82) is 0 Å². The highest BCUT2D eigenvalue weighted by Gasteiger charge is 2.80. The Kier molecular flexibility index (Phi) is 11.6. The predicted molar refractivity (Wildman–Crippen MR) is 195 cm³/mol. The van der Waals surface area contributed by atoms with Crippen LogP contribution >= 0.6 is 0 Å². The number of benzene rings is 1. The average molecular weight is 819 g/mol. The van der Waals surface area contributed by atoms with Crippen LogP contribution in [0.3, 0.4) is 0 Å². The molecule has 0 spiro atoms. The van der Waals surface area contributed by atoms with E-state index in [1.807, 2.05) is 0 Å². The van der Waals surface area contributed by atoms with E-state index in [2.05, 4.69) is 10.2 Å². The van der Waals surface area contributed by atoms with E-state index in [-0.39, 0.29) is 56.6 Å². The first-order valence-corrected chi connectivity index (χ1v) is 19.2. The molecule has 1 aromatic rings. The Morgan fingerprint density at radius 2 is 1.74 bits per heavy atom. The highest BCUT2D eigenvalue weighted by atomic mass is 19.1. The van der Waals surface area contributed by atoms with Crippen molar-refractivity contribution in [2.75, 3.05) is 19.8 Å². The fourth-order valence-corrected chi connectivity index (χ4v) is 10.1. The zero-order valence-electron chi connectivity index (χ0n) is 32.8. The number of halogens is 2. The second-order valence-corrected chi connectivity index (χ2v) is 16.5. The summed E-state index contributed by atoms with van der Waals surface area (Å²) in [4.78, 5) is 78.4. The standard InChI is InChI=1S/C40H48F2N2O14/c1-22(45)43-30(34(49)53-14-6-7-15-55-44(51)52)16-23-8-10-25(11-9-23)56-35(50)54-21-32(48)40-33(57-36(2,3)58-40)19-26-27-18-29(41)28-17-24(46)12-13-37(28,4)39(27,42)31(47)20-38(26,40)5/h8-13,17,26-27,29-31,33,47H,6-7,14-16,18-21H2,1-5H3,(H,43,45)/t26?,27?,29-,30-,31-,33+,37-,38-,39-,40+/m0/s1. The van der Waals surface area contributed by atoms with Crippen molar-refractivity contribution >= 4 is 29.6 Å². The van der Waals surface area contributed by atoms with Crippen LogP contribution in [0.25, 0.3) is 0 Å². The number of rotatable bonds is 14. The minimum Gasteiger partial charge on any atom is -0.464 e. The summed E-state index contributed by atoms with van der Waals surface area (Å²) >= 11 is 0. The molecule has 2 unspecified atom stereocenters.